The van der Waals surface area contributed by atoms with Crippen LogP contribution in [0.15, 0.2) is 29.9 Å². The SMILES string of the molecule is NNC(Cc1cncs1)c1ccc(Cl)cc1N. The Bertz CT molecular complexity index is 486. The summed E-state index contributed by atoms with van der Waals surface area (Å²) in [6, 6.07) is 5.40. The highest BCUT2D eigenvalue weighted by molar-refractivity contribution is 7.09. The summed E-state index contributed by atoms with van der Waals surface area (Å²) in [7, 11) is 0. The number of nitrogen functional groups attached to an aromatic ring is 1. The normalized spacial score (nSPS) is 12.6. The largest absolute Gasteiger partial charge is 0.398 e. The van der Waals surface area contributed by atoms with Crippen LogP contribution in [0.3, 0.4) is 0 Å². The van der Waals surface area contributed by atoms with Crippen molar-refractivity contribution in [3.8, 4) is 0 Å². The Balaban J connectivity index is 2.23. The van der Waals surface area contributed by atoms with Gasteiger partial charge < -0.3 is 5.73 Å². The lowest BCUT2D eigenvalue weighted by atomic mass is 10.0. The van der Waals surface area contributed by atoms with Crippen LogP contribution in [0, 0.1) is 0 Å². The van der Waals surface area contributed by atoms with Crippen molar-refractivity contribution in [1.82, 2.24) is 10.4 Å². The summed E-state index contributed by atoms with van der Waals surface area (Å²) in [6.07, 6.45) is 2.59. The summed E-state index contributed by atoms with van der Waals surface area (Å²) in [5.74, 6) is 5.57. The molecule has 0 aliphatic carbocycles. The summed E-state index contributed by atoms with van der Waals surface area (Å²) in [4.78, 5) is 5.19. The molecule has 0 aliphatic heterocycles. The highest BCUT2D eigenvalue weighted by Gasteiger charge is 2.14. The second kappa shape index (κ2) is 5.46. The average molecular weight is 269 g/mol. The first-order valence-corrected chi connectivity index (χ1v) is 6.35. The third-order valence-electron chi connectivity index (χ3n) is 2.51. The van der Waals surface area contributed by atoms with E-state index in [2.05, 4.69) is 10.4 Å². The van der Waals surface area contributed by atoms with Crippen LogP contribution in [0.4, 0.5) is 5.69 Å². The fourth-order valence-corrected chi connectivity index (χ4v) is 2.49. The Labute approximate surface area is 109 Å². The zero-order valence-corrected chi connectivity index (χ0v) is 10.6. The van der Waals surface area contributed by atoms with Crippen molar-refractivity contribution in [2.75, 3.05) is 5.73 Å². The molecule has 0 radical (unpaired) electrons. The predicted molar refractivity (Wildman–Crippen MR) is 71.7 cm³/mol. The Morgan fingerprint density at radius 1 is 1.47 bits per heavy atom. The molecule has 4 nitrogen and oxygen atoms in total. The van der Waals surface area contributed by atoms with Crippen LogP contribution >= 0.6 is 22.9 Å². The van der Waals surface area contributed by atoms with E-state index in [-0.39, 0.29) is 6.04 Å². The van der Waals surface area contributed by atoms with Crippen molar-refractivity contribution in [3.05, 3.63) is 45.4 Å². The van der Waals surface area contributed by atoms with Gasteiger partial charge in [0.2, 0.25) is 0 Å². The quantitative estimate of drug-likeness (QED) is 0.451. The number of anilines is 1. The molecule has 0 saturated heterocycles. The van der Waals surface area contributed by atoms with Gasteiger partial charge in [-0.3, -0.25) is 16.3 Å². The Morgan fingerprint density at radius 3 is 2.88 bits per heavy atom. The highest BCUT2D eigenvalue weighted by atomic mass is 35.5. The number of nitrogens with two attached hydrogens (primary N) is 2. The molecule has 0 amide bonds. The molecule has 6 heteroatoms. The Morgan fingerprint density at radius 2 is 2.29 bits per heavy atom. The smallest absolute Gasteiger partial charge is 0.0794 e. The van der Waals surface area contributed by atoms with Crippen molar-refractivity contribution in [2.24, 2.45) is 5.84 Å². The second-order valence-corrected chi connectivity index (χ2v) is 5.07. The minimum atomic E-state index is -0.0345. The first-order chi connectivity index (χ1) is 8.20. The van der Waals surface area contributed by atoms with E-state index in [4.69, 9.17) is 23.2 Å². The summed E-state index contributed by atoms with van der Waals surface area (Å²) in [5, 5.41) is 0.625. The van der Waals surface area contributed by atoms with Crippen LogP contribution in [0.2, 0.25) is 5.02 Å². The van der Waals surface area contributed by atoms with Crippen molar-refractivity contribution in [1.29, 1.82) is 0 Å². The molecule has 0 aliphatic rings. The first-order valence-electron chi connectivity index (χ1n) is 5.09. The van der Waals surface area contributed by atoms with Crippen molar-refractivity contribution in [3.63, 3.8) is 0 Å². The minimum absolute atomic E-state index is 0.0345. The van der Waals surface area contributed by atoms with Crippen LogP contribution in [0.1, 0.15) is 16.5 Å². The molecule has 2 rings (SSSR count). The lowest BCUT2D eigenvalue weighted by Gasteiger charge is -2.17. The van der Waals surface area contributed by atoms with Gasteiger partial charge >= 0.3 is 0 Å². The number of benzene rings is 1. The van der Waals surface area contributed by atoms with Crippen LogP contribution in [0.25, 0.3) is 0 Å². The second-order valence-electron chi connectivity index (χ2n) is 3.66. The van der Waals surface area contributed by atoms with Gasteiger partial charge in [-0.25, -0.2) is 0 Å². The Hall–Kier alpha value is -1.14. The van der Waals surface area contributed by atoms with E-state index in [9.17, 15) is 0 Å². The van der Waals surface area contributed by atoms with Gasteiger partial charge in [-0.2, -0.15) is 0 Å². The predicted octanol–water partition coefficient (Wildman–Crippen LogP) is 2.13. The molecular formula is C11H13ClN4S. The highest BCUT2D eigenvalue weighted by Crippen LogP contribution is 2.26. The van der Waals surface area contributed by atoms with Crippen LogP contribution in [-0.2, 0) is 6.42 Å². The fourth-order valence-electron chi connectivity index (χ4n) is 1.67. The molecule has 0 bridgehead atoms. The molecule has 1 atom stereocenters. The van der Waals surface area contributed by atoms with E-state index in [1.807, 2.05) is 18.3 Å². The fraction of sp³-hybridized carbons (Fsp3) is 0.182. The van der Waals surface area contributed by atoms with Crippen LogP contribution in [-0.4, -0.2) is 4.98 Å². The zero-order chi connectivity index (χ0) is 12.3. The molecule has 1 unspecified atom stereocenters. The molecular weight excluding hydrogens is 256 g/mol. The number of hydrogen-bond donors (Lipinski definition) is 3. The van der Waals surface area contributed by atoms with Gasteiger partial charge in [0.05, 0.1) is 11.6 Å². The third-order valence-corrected chi connectivity index (χ3v) is 3.55. The molecule has 90 valence electrons. The molecule has 1 aromatic heterocycles. The summed E-state index contributed by atoms with van der Waals surface area (Å²) in [5.41, 5.74) is 12.1. The molecule has 0 saturated carbocycles. The summed E-state index contributed by atoms with van der Waals surface area (Å²) < 4.78 is 0. The van der Waals surface area contributed by atoms with E-state index < -0.39 is 0 Å². The van der Waals surface area contributed by atoms with Gasteiger partial charge in [0.25, 0.3) is 0 Å². The molecule has 2 aromatic rings. The van der Waals surface area contributed by atoms with Crippen LogP contribution in [0.5, 0.6) is 0 Å². The molecule has 0 spiro atoms. The first kappa shape index (κ1) is 12.3. The monoisotopic (exact) mass is 268 g/mol. The summed E-state index contributed by atoms with van der Waals surface area (Å²) in [6.45, 7) is 0. The number of hydrazine groups is 1. The Kier molecular flexibility index (Phi) is 3.96. The van der Waals surface area contributed by atoms with E-state index in [0.29, 0.717) is 10.7 Å². The topological polar surface area (TPSA) is 77.0 Å². The van der Waals surface area contributed by atoms with Gasteiger partial charge in [0.15, 0.2) is 0 Å². The van der Waals surface area contributed by atoms with Gasteiger partial charge in [0, 0.05) is 28.2 Å². The average Bonchev–Trinajstić information content (AvgIpc) is 2.79. The van der Waals surface area contributed by atoms with Gasteiger partial charge in [-0.05, 0) is 17.7 Å². The number of thiazole rings is 1. The maximum Gasteiger partial charge on any atom is 0.0794 e. The van der Waals surface area contributed by atoms with Crippen molar-refractivity contribution in [2.45, 2.75) is 12.5 Å². The van der Waals surface area contributed by atoms with E-state index in [0.717, 1.165) is 16.9 Å². The van der Waals surface area contributed by atoms with Gasteiger partial charge in [0.1, 0.15) is 0 Å². The minimum Gasteiger partial charge on any atom is -0.398 e. The molecule has 0 fully saturated rings. The van der Waals surface area contributed by atoms with Crippen molar-refractivity contribution < 1.29 is 0 Å². The zero-order valence-electron chi connectivity index (χ0n) is 9.06. The molecule has 5 N–H and O–H groups in total. The number of hydrogen-bond acceptors (Lipinski definition) is 5. The lowest BCUT2D eigenvalue weighted by molar-refractivity contribution is 0.557. The third kappa shape index (κ3) is 2.95. The van der Waals surface area contributed by atoms with E-state index >= 15 is 0 Å². The van der Waals surface area contributed by atoms with Crippen molar-refractivity contribution >= 4 is 28.6 Å². The molecule has 1 aromatic carbocycles. The molecule has 17 heavy (non-hydrogen) atoms. The summed E-state index contributed by atoms with van der Waals surface area (Å²) >= 11 is 7.46. The standard InChI is InChI=1S/C11H13ClN4S/c12-7-1-2-9(10(13)3-7)11(16-14)4-8-5-15-6-17-8/h1-3,5-6,11,16H,4,13-14H2. The maximum absolute atomic E-state index is 5.93. The number of nitrogens with one attached hydrogen (secondary N) is 1. The maximum atomic E-state index is 5.93. The van der Waals surface area contributed by atoms with Gasteiger partial charge in [-0.15, -0.1) is 11.3 Å². The lowest BCUT2D eigenvalue weighted by Crippen LogP contribution is -2.30. The number of aromatic nitrogens is 1. The molecule has 1 heterocycles. The van der Waals surface area contributed by atoms with Crippen LogP contribution < -0.4 is 17.0 Å². The van der Waals surface area contributed by atoms with E-state index in [1.54, 1.807) is 22.9 Å². The van der Waals surface area contributed by atoms with E-state index in [1.165, 1.54) is 0 Å². The number of halogens is 1. The number of rotatable bonds is 4. The number of nitrogens with zero attached hydrogens (tertiary/aromatic N) is 1. The van der Waals surface area contributed by atoms with Gasteiger partial charge in [-0.1, -0.05) is 17.7 Å².